The lowest BCUT2D eigenvalue weighted by Gasteiger charge is -2.15. The molecule has 2 aromatic carbocycles. The van der Waals surface area contributed by atoms with Gasteiger partial charge in [-0.2, -0.15) is 0 Å². The van der Waals surface area contributed by atoms with Crippen LogP contribution >= 0.6 is 23.2 Å². The summed E-state index contributed by atoms with van der Waals surface area (Å²) >= 11 is 12.5. The number of benzene rings is 2. The highest BCUT2D eigenvalue weighted by Gasteiger charge is 2.13. The monoisotopic (exact) mass is 441 g/mol. The van der Waals surface area contributed by atoms with Crippen molar-refractivity contribution in [2.24, 2.45) is 0 Å². The number of ether oxygens (including phenoxy) is 2. The van der Waals surface area contributed by atoms with E-state index in [-0.39, 0.29) is 12.4 Å². The first kappa shape index (κ1) is 23.8. The van der Waals surface area contributed by atoms with Gasteiger partial charge in [0.05, 0.1) is 17.2 Å². The molecule has 0 radical (unpaired) electrons. The Bertz CT molecular complexity index is 771. The van der Waals surface area contributed by atoms with Crippen LogP contribution in [0.3, 0.4) is 0 Å². The summed E-state index contributed by atoms with van der Waals surface area (Å²) in [5, 5.41) is 4.24. The van der Waals surface area contributed by atoms with E-state index in [1.165, 1.54) is 50.7 Å². The van der Waals surface area contributed by atoms with Gasteiger partial charge in [-0.05, 0) is 42.8 Å². The van der Waals surface area contributed by atoms with Gasteiger partial charge in [0.2, 0.25) is 0 Å². The van der Waals surface area contributed by atoms with Crippen LogP contribution in [0.1, 0.15) is 56.6 Å². The van der Waals surface area contributed by atoms with E-state index in [4.69, 9.17) is 32.7 Å². The van der Waals surface area contributed by atoms with Crippen LogP contribution in [-0.2, 0) is 13.2 Å². The maximum Gasteiger partial charge on any atom is 0.180 e. The molecule has 2 aromatic rings. The summed E-state index contributed by atoms with van der Waals surface area (Å²) < 4.78 is 24.5. The molecule has 6 heteroatoms. The molecule has 0 amide bonds. The van der Waals surface area contributed by atoms with Crippen LogP contribution in [0.4, 0.5) is 4.39 Å². The molecule has 0 aromatic heterocycles. The van der Waals surface area contributed by atoms with Gasteiger partial charge in [0.1, 0.15) is 12.4 Å². The van der Waals surface area contributed by atoms with Crippen LogP contribution < -0.4 is 14.8 Å². The summed E-state index contributed by atoms with van der Waals surface area (Å²) in [5.74, 6) is 0.633. The number of unbranched alkanes of at least 4 members (excludes halogenated alkanes) is 5. The molecule has 3 nitrogen and oxygen atoms in total. The number of halogens is 3. The molecular weight excluding hydrogens is 412 g/mol. The van der Waals surface area contributed by atoms with E-state index >= 15 is 0 Å². The Morgan fingerprint density at radius 2 is 1.72 bits per heavy atom. The predicted molar refractivity (Wildman–Crippen MR) is 119 cm³/mol. The lowest BCUT2D eigenvalue weighted by Crippen LogP contribution is -2.14. The van der Waals surface area contributed by atoms with Gasteiger partial charge in [-0.1, -0.05) is 68.3 Å². The van der Waals surface area contributed by atoms with E-state index in [1.54, 1.807) is 13.2 Å². The Morgan fingerprint density at radius 3 is 2.45 bits per heavy atom. The minimum absolute atomic E-state index is 0.171. The number of methoxy groups -OCH3 is 1. The van der Waals surface area contributed by atoms with E-state index < -0.39 is 0 Å². The molecular formula is C23H30Cl2FNO2. The number of hydrogen-bond donors (Lipinski definition) is 1. The molecule has 0 atom stereocenters. The molecule has 0 aliphatic heterocycles. The van der Waals surface area contributed by atoms with Gasteiger partial charge in [0, 0.05) is 12.1 Å². The first-order valence-electron chi connectivity index (χ1n) is 10.2. The molecule has 0 aliphatic rings. The van der Waals surface area contributed by atoms with Gasteiger partial charge in [0.25, 0.3) is 0 Å². The van der Waals surface area contributed by atoms with Crippen LogP contribution in [0.25, 0.3) is 0 Å². The molecule has 0 saturated carbocycles. The Hall–Kier alpha value is -1.49. The van der Waals surface area contributed by atoms with E-state index in [0.717, 1.165) is 18.7 Å². The molecule has 0 unspecified atom stereocenters. The quantitative estimate of drug-likeness (QED) is 0.334. The third-order valence-corrected chi connectivity index (χ3v) is 5.35. The Labute approximate surface area is 183 Å². The number of nitrogens with one attached hydrogen (secondary N) is 1. The third kappa shape index (κ3) is 8.04. The molecule has 0 spiro atoms. The van der Waals surface area contributed by atoms with Crippen molar-refractivity contribution in [3.63, 3.8) is 0 Å². The maximum absolute atomic E-state index is 13.2. The summed E-state index contributed by atoms with van der Waals surface area (Å²) in [5.41, 5.74) is 1.71. The fraction of sp³-hybridized carbons (Fsp3) is 0.478. The van der Waals surface area contributed by atoms with Crippen LogP contribution in [0.2, 0.25) is 10.0 Å². The van der Waals surface area contributed by atoms with Gasteiger partial charge < -0.3 is 14.8 Å². The van der Waals surface area contributed by atoms with Gasteiger partial charge >= 0.3 is 0 Å². The molecule has 160 valence electrons. The zero-order valence-electron chi connectivity index (χ0n) is 17.2. The minimum Gasteiger partial charge on any atom is -0.493 e. The summed E-state index contributed by atoms with van der Waals surface area (Å²) in [7, 11) is 1.58. The van der Waals surface area contributed by atoms with Crippen molar-refractivity contribution >= 4 is 23.2 Å². The second kappa shape index (κ2) is 12.9. The first-order valence-corrected chi connectivity index (χ1v) is 10.9. The molecule has 0 bridgehead atoms. The lowest BCUT2D eigenvalue weighted by atomic mass is 10.1. The fourth-order valence-electron chi connectivity index (χ4n) is 3.07. The molecule has 0 aliphatic carbocycles. The zero-order chi connectivity index (χ0) is 21.1. The Balaban J connectivity index is 1.88. The van der Waals surface area contributed by atoms with E-state index in [1.807, 2.05) is 12.1 Å². The topological polar surface area (TPSA) is 30.5 Å². The Kier molecular flexibility index (Phi) is 10.6. The Morgan fingerprint density at radius 1 is 0.966 bits per heavy atom. The van der Waals surface area contributed by atoms with E-state index in [9.17, 15) is 4.39 Å². The average Bonchev–Trinajstić information content (AvgIpc) is 2.70. The highest BCUT2D eigenvalue weighted by molar-refractivity contribution is 6.32. The summed E-state index contributed by atoms with van der Waals surface area (Å²) in [6.45, 7) is 4.10. The maximum atomic E-state index is 13.2. The first-order chi connectivity index (χ1) is 14.0. The number of hydrogen-bond acceptors (Lipinski definition) is 3. The van der Waals surface area contributed by atoms with Gasteiger partial charge in [-0.25, -0.2) is 4.39 Å². The minimum atomic E-state index is -0.382. The SMILES string of the molecule is CCCCCCCCNCc1cc(Cl)c(OCc2ccc(F)cc2Cl)c(OC)c1. The molecule has 0 heterocycles. The molecule has 1 N–H and O–H groups in total. The van der Waals surface area contributed by atoms with Crippen molar-refractivity contribution in [3.8, 4) is 11.5 Å². The van der Waals surface area contributed by atoms with Crippen LogP contribution in [0.15, 0.2) is 30.3 Å². The van der Waals surface area contributed by atoms with Crippen LogP contribution in [0, 0.1) is 5.82 Å². The van der Waals surface area contributed by atoms with Gasteiger partial charge in [-0.3, -0.25) is 0 Å². The van der Waals surface area contributed by atoms with Crippen molar-refractivity contribution in [1.82, 2.24) is 5.32 Å². The van der Waals surface area contributed by atoms with Crippen molar-refractivity contribution in [2.75, 3.05) is 13.7 Å². The van der Waals surface area contributed by atoms with Crippen LogP contribution in [0.5, 0.6) is 11.5 Å². The average molecular weight is 442 g/mol. The van der Waals surface area contributed by atoms with E-state index in [0.29, 0.717) is 27.1 Å². The fourth-order valence-corrected chi connectivity index (χ4v) is 3.58. The van der Waals surface area contributed by atoms with Crippen molar-refractivity contribution in [1.29, 1.82) is 0 Å². The summed E-state index contributed by atoms with van der Waals surface area (Å²) in [6.07, 6.45) is 7.67. The molecule has 29 heavy (non-hydrogen) atoms. The molecule has 2 rings (SSSR count). The van der Waals surface area contributed by atoms with Crippen molar-refractivity contribution < 1.29 is 13.9 Å². The van der Waals surface area contributed by atoms with Gasteiger partial charge in [0.15, 0.2) is 11.5 Å². The van der Waals surface area contributed by atoms with E-state index in [2.05, 4.69) is 12.2 Å². The normalized spacial score (nSPS) is 10.9. The largest absolute Gasteiger partial charge is 0.493 e. The second-order valence-electron chi connectivity index (χ2n) is 7.08. The van der Waals surface area contributed by atoms with Crippen molar-refractivity contribution in [3.05, 3.63) is 57.3 Å². The standard InChI is InChI=1S/C23H30Cl2FNO2/c1-3-4-5-6-7-8-11-27-15-17-12-21(25)23(22(13-17)28-2)29-16-18-9-10-19(26)14-20(18)24/h9-10,12-14,27H,3-8,11,15-16H2,1-2H3. The zero-order valence-corrected chi connectivity index (χ0v) is 18.7. The highest BCUT2D eigenvalue weighted by Crippen LogP contribution is 2.37. The summed E-state index contributed by atoms with van der Waals surface area (Å²) in [4.78, 5) is 0. The smallest absolute Gasteiger partial charge is 0.180 e. The summed E-state index contributed by atoms with van der Waals surface area (Å²) in [6, 6.07) is 8.00. The highest BCUT2D eigenvalue weighted by atomic mass is 35.5. The number of rotatable bonds is 13. The third-order valence-electron chi connectivity index (χ3n) is 4.71. The van der Waals surface area contributed by atoms with Crippen molar-refractivity contribution in [2.45, 2.75) is 58.6 Å². The predicted octanol–water partition coefficient (Wildman–Crippen LogP) is 7.17. The van der Waals surface area contributed by atoms with Gasteiger partial charge in [-0.15, -0.1) is 0 Å². The second-order valence-corrected chi connectivity index (χ2v) is 7.89. The van der Waals surface area contributed by atoms with Crippen LogP contribution in [-0.4, -0.2) is 13.7 Å². The lowest BCUT2D eigenvalue weighted by molar-refractivity contribution is 0.284. The molecule has 0 saturated heterocycles. The molecule has 0 fully saturated rings.